The van der Waals surface area contributed by atoms with Gasteiger partial charge in [0.2, 0.25) is 5.91 Å². The molecule has 0 N–H and O–H groups in total. The first kappa shape index (κ1) is 16.9. The maximum absolute atomic E-state index is 12.9. The number of carbonyl (C=O) groups is 3. The number of rotatable bonds is 3. The summed E-state index contributed by atoms with van der Waals surface area (Å²) in [7, 11) is 0. The van der Waals surface area contributed by atoms with E-state index in [2.05, 4.69) is 0 Å². The SMILES string of the molecule is C[C@H]1Cc2ccccc2N1C(=O)CN1C(=O)c2ccc([N+](=O)[O-])cc2C1=O. The maximum Gasteiger partial charge on any atom is 0.270 e. The third-order valence-corrected chi connectivity index (χ3v) is 4.93. The van der Waals surface area contributed by atoms with Crippen LogP contribution in [0.25, 0.3) is 0 Å². The molecule has 0 radical (unpaired) electrons. The Labute approximate surface area is 154 Å². The minimum Gasteiger partial charge on any atom is -0.307 e. The highest BCUT2D eigenvalue weighted by atomic mass is 16.6. The number of nitro benzene ring substituents is 1. The van der Waals surface area contributed by atoms with Crippen LogP contribution >= 0.6 is 0 Å². The first-order valence-electron chi connectivity index (χ1n) is 8.43. The molecule has 2 aromatic carbocycles. The van der Waals surface area contributed by atoms with E-state index in [0.717, 1.165) is 22.2 Å². The van der Waals surface area contributed by atoms with Gasteiger partial charge in [-0.25, -0.2) is 0 Å². The summed E-state index contributed by atoms with van der Waals surface area (Å²) in [5, 5.41) is 10.9. The second-order valence-corrected chi connectivity index (χ2v) is 6.63. The lowest BCUT2D eigenvalue weighted by atomic mass is 10.1. The van der Waals surface area contributed by atoms with Crippen molar-refractivity contribution in [1.29, 1.82) is 0 Å². The number of nitrogens with zero attached hydrogens (tertiary/aromatic N) is 3. The molecule has 8 heteroatoms. The number of nitro groups is 1. The van der Waals surface area contributed by atoms with Crippen molar-refractivity contribution < 1.29 is 19.3 Å². The number of non-ortho nitro benzene ring substituents is 1. The summed E-state index contributed by atoms with van der Waals surface area (Å²) in [6.45, 7) is 1.50. The minimum absolute atomic E-state index is 0.0446. The number of hydrogen-bond acceptors (Lipinski definition) is 5. The molecule has 0 aromatic heterocycles. The Hall–Kier alpha value is -3.55. The number of carbonyl (C=O) groups excluding carboxylic acids is 3. The van der Waals surface area contributed by atoms with E-state index in [1.807, 2.05) is 31.2 Å². The van der Waals surface area contributed by atoms with Crippen LogP contribution in [0.2, 0.25) is 0 Å². The fraction of sp³-hybridized carbons (Fsp3) is 0.211. The quantitative estimate of drug-likeness (QED) is 0.471. The van der Waals surface area contributed by atoms with E-state index < -0.39 is 23.3 Å². The predicted octanol–water partition coefficient (Wildman–Crippen LogP) is 2.17. The summed E-state index contributed by atoms with van der Waals surface area (Å²) < 4.78 is 0. The highest BCUT2D eigenvalue weighted by Gasteiger charge is 2.40. The zero-order valence-corrected chi connectivity index (χ0v) is 14.4. The summed E-state index contributed by atoms with van der Waals surface area (Å²) >= 11 is 0. The highest BCUT2D eigenvalue weighted by molar-refractivity contribution is 6.23. The van der Waals surface area contributed by atoms with Crippen molar-refractivity contribution in [2.45, 2.75) is 19.4 Å². The van der Waals surface area contributed by atoms with Crippen LogP contribution in [0.1, 0.15) is 33.2 Å². The van der Waals surface area contributed by atoms with E-state index in [1.54, 1.807) is 4.90 Å². The Kier molecular flexibility index (Phi) is 3.76. The van der Waals surface area contributed by atoms with Crippen LogP contribution in [0.4, 0.5) is 11.4 Å². The second kappa shape index (κ2) is 6.01. The molecule has 2 aliphatic heterocycles. The molecular formula is C19H15N3O5. The van der Waals surface area contributed by atoms with Crippen LogP contribution < -0.4 is 4.90 Å². The summed E-state index contributed by atoms with van der Waals surface area (Å²) in [4.78, 5) is 50.7. The van der Waals surface area contributed by atoms with Crippen molar-refractivity contribution in [3.05, 3.63) is 69.3 Å². The molecule has 0 saturated heterocycles. The average molecular weight is 365 g/mol. The summed E-state index contributed by atoms with van der Waals surface area (Å²) in [5.41, 5.74) is 1.58. The maximum atomic E-state index is 12.9. The number of imide groups is 1. The third-order valence-electron chi connectivity index (χ3n) is 4.93. The van der Waals surface area contributed by atoms with E-state index in [9.17, 15) is 24.5 Å². The van der Waals surface area contributed by atoms with Gasteiger partial charge in [-0.1, -0.05) is 18.2 Å². The topological polar surface area (TPSA) is 101 Å². The Morgan fingerprint density at radius 1 is 1.15 bits per heavy atom. The molecule has 8 nitrogen and oxygen atoms in total. The molecule has 0 fully saturated rings. The number of amides is 3. The lowest BCUT2D eigenvalue weighted by molar-refractivity contribution is -0.384. The smallest absolute Gasteiger partial charge is 0.270 e. The highest BCUT2D eigenvalue weighted by Crippen LogP contribution is 2.33. The van der Waals surface area contributed by atoms with Crippen molar-refractivity contribution in [3.8, 4) is 0 Å². The monoisotopic (exact) mass is 365 g/mol. The van der Waals surface area contributed by atoms with Gasteiger partial charge in [-0.05, 0) is 31.0 Å². The van der Waals surface area contributed by atoms with Crippen molar-refractivity contribution in [1.82, 2.24) is 4.90 Å². The van der Waals surface area contributed by atoms with Gasteiger partial charge in [-0.15, -0.1) is 0 Å². The van der Waals surface area contributed by atoms with Gasteiger partial charge in [-0.2, -0.15) is 0 Å². The lowest BCUT2D eigenvalue weighted by Crippen LogP contribution is -2.45. The van der Waals surface area contributed by atoms with E-state index in [1.165, 1.54) is 12.1 Å². The van der Waals surface area contributed by atoms with Crippen molar-refractivity contribution in [2.24, 2.45) is 0 Å². The van der Waals surface area contributed by atoms with Gasteiger partial charge in [0.1, 0.15) is 6.54 Å². The van der Waals surface area contributed by atoms with Gasteiger partial charge in [-0.3, -0.25) is 29.4 Å². The van der Waals surface area contributed by atoms with Gasteiger partial charge in [0.05, 0.1) is 16.1 Å². The van der Waals surface area contributed by atoms with Crippen molar-refractivity contribution >= 4 is 29.1 Å². The van der Waals surface area contributed by atoms with E-state index >= 15 is 0 Å². The molecular weight excluding hydrogens is 350 g/mol. The number of benzene rings is 2. The Morgan fingerprint density at radius 3 is 2.59 bits per heavy atom. The zero-order chi connectivity index (χ0) is 19.3. The Bertz CT molecular complexity index is 1020. The average Bonchev–Trinajstić information content (AvgIpc) is 3.10. The molecule has 2 aliphatic rings. The van der Waals surface area contributed by atoms with Gasteiger partial charge in [0.25, 0.3) is 17.5 Å². The molecule has 0 spiro atoms. The normalized spacial score (nSPS) is 17.9. The molecule has 1 atom stereocenters. The molecule has 0 unspecified atom stereocenters. The summed E-state index contributed by atoms with van der Waals surface area (Å²) in [6, 6.07) is 10.9. The molecule has 4 rings (SSSR count). The van der Waals surface area contributed by atoms with Crippen LogP contribution in [0.15, 0.2) is 42.5 Å². The molecule has 0 aliphatic carbocycles. The molecule has 2 aromatic rings. The van der Waals surface area contributed by atoms with E-state index in [0.29, 0.717) is 6.42 Å². The summed E-state index contributed by atoms with van der Waals surface area (Å²) in [6.07, 6.45) is 0.705. The van der Waals surface area contributed by atoms with E-state index in [-0.39, 0.29) is 28.8 Å². The van der Waals surface area contributed by atoms with Crippen LogP contribution in [0, 0.1) is 10.1 Å². The number of hydrogen-bond donors (Lipinski definition) is 0. The standard InChI is InChI=1S/C19H15N3O5/c1-11-8-12-4-2-3-5-16(12)21(11)17(23)10-20-18(24)14-7-6-13(22(26)27)9-15(14)19(20)25/h2-7,9,11H,8,10H2,1H3/t11-/m0/s1. The largest absolute Gasteiger partial charge is 0.307 e. The molecule has 3 amide bonds. The summed E-state index contributed by atoms with van der Waals surface area (Å²) in [5.74, 6) is -1.66. The Balaban J connectivity index is 1.60. The molecule has 136 valence electrons. The van der Waals surface area contributed by atoms with Crippen LogP contribution in [-0.2, 0) is 11.2 Å². The van der Waals surface area contributed by atoms with Gasteiger partial charge in [0, 0.05) is 23.9 Å². The fourth-order valence-corrected chi connectivity index (χ4v) is 3.69. The molecule has 27 heavy (non-hydrogen) atoms. The number of fused-ring (bicyclic) bond motifs is 2. The van der Waals surface area contributed by atoms with Gasteiger partial charge < -0.3 is 4.90 Å². The van der Waals surface area contributed by atoms with Crippen LogP contribution in [-0.4, -0.2) is 40.1 Å². The first-order valence-corrected chi connectivity index (χ1v) is 8.43. The van der Waals surface area contributed by atoms with Gasteiger partial charge in [0.15, 0.2) is 0 Å². The van der Waals surface area contributed by atoms with Gasteiger partial charge >= 0.3 is 0 Å². The third kappa shape index (κ3) is 2.57. The fourth-order valence-electron chi connectivity index (χ4n) is 3.69. The first-order chi connectivity index (χ1) is 12.9. The van der Waals surface area contributed by atoms with Crippen LogP contribution in [0.3, 0.4) is 0 Å². The predicted molar refractivity (Wildman–Crippen MR) is 95.6 cm³/mol. The van der Waals surface area contributed by atoms with Crippen molar-refractivity contribution in [2.75, 3.05) is 11.4 Å². The minimum atomic E-state index is -0.688. The van der Waals surface area contributed by atoms with E-state index in [4.69, 9.17) is 0 Å². The molecule has 0 bridgehead atoms. The zero-order valence-electron chi connectivity index (χ0n) is 14.4. The number of para-hydroxylation sites is 1. The molecule has 2 heterocycles. The number of anilines is 1. The molecule has 0 saturated carbocycles. The van der Waals surface area contributed by atoms with Crippen molar-refractivity contribution in [3.63, 3.8) is 0 Å². The van der Waals surface area contributed by atoms with Crippen LogP contribution in [0.5, 0.6) is 0 Å². The lowest BCUT2D eigenvalue weighted by Gasteiger charge is -2.25. The second-order valence-electron chi connectivity index (χ2n) is 6.63. The Morgan fingerprint density at radius 2 is 1.85 bits per heavy atom.